The highest BCUT2D eigenvalue weighted by Gasteiger charge is 2.23. The van der Waals surface area contributed by atoms with Crippen LogP contribution in [0, 0.1) is 31.1 Å². The predicted molar refractivity (Wildman–Crippen MR) is 74.5 cm³/mol. The van der Waals surface area contributed by atoms with Crippen molar-refractivity contribution < 1.29 is 4.79 Å². The molecule has 1 unspecified atom stereocenters. The van der Waals surface area contributed by atoms with Crippen LogP contribution in [0.1, 0.15) is 29.5 Å². The van der Waals surface area contributed by atoms with E-state index >= 15 is 0 Å². The van der Waals surface area contributed by atoms with Crippen LogP contribution >= 0.6 is 0 Å². The SMILES string of the molecule is Cc1ccc(C)c(CC(=O)N2CCCC(C#N)C2)c1. The van der Waals surface area contributed by atoms with Gasteiger partial charge in [-0.3, -0.25) is 4.79 Å². The number of rotatable bonds is 2. The van der Waals surface area contributed by atoms with Crippen molar-refractivity contribution in [1.82, 2.24) is 4.90 Å². The molecular weight excluding hydrogens is 236 g/mol. The van der Waals surface area contributed by atoms with Crippen molar-refractivity contribution in [1.29, 1.82) is 5.26 Å². The summed E-state index contributed by atoms with van der Waals surface area (Å²) in [6, 6.07) is 8.49. The molecule has 1 amide bonds. The van der Waals surface area contributed by atoms with Crippen molar-refractivity contribution in [2.75, 3.05) is 13.1 Å². The Labute approximate surface area is 114 Å². The highest BCUT2D eigenvalue weighted by Crippen LogP contribution is 2.18. The van der Waals surface area contributed by atoms with E-state index in [9.17, 15) is 4.79 Å². The maximum atomic E-state index is 12.3. The Hall–Kier alpha value is -1.82. The van der Waals surface area contributed by atoms with Crippen molar-refractivity contribution in [3.63, 3.8) is 0 Å². The zero-order valence-electron chi connectivity index (χ0n) is 11.6. The lowest BCUT2D eigenvalue weighted by molar-refractivity contribution is -0.131. The minimum Gasteiger partial charge on any atom is -0.341 e. The number of nitriles is 1. The Kier molecular flexibility index (Phi) is 4.21. The number of hydrogen-bond acceptors (Lipinski definition) is 2. The van der Waals surface area contributed by atoms with E-state index in [-0.39, 0.29) is 11.8 Å². The Morgan fingerprint density at radius 3 is 3.00 bits per heavy atom. The van der Waals surface area contributed by atoms with E-state index in [0.717, 1.165) is 30.5 Å². The minimum absolute atomic E-state index is 0.0105. The van der Waals surface area contributed by atoms with Crippen LogP contribution in [-0.2, 0) is 11.2 Å². The monoisotopic (exact) mass is 256 g/mol. The average Bonchev–Trinajstić information content (AvgIpc) is 2.43. The third-order valence-electron chi connectivity index (χ3n) is 3.80. The molecule has 1 heterocycles. The molecule has 1 aliphatic rings. The number of benzene rings is 1. The number of likely N-dealkylation sites (tertiary alicyclic amines) is 1. The van der Waals surface area contributed by atoms with Gasteiger partial charge in [-0.1, -0.05) is 23.8 Å². The maximum Gasteiger partial charge on any atom is 0.227 e. The third-order valence-corrected chi connectivity index (χ3v) is 3.80. The molecule has 3 nitrogen and oxygen atoms in total. The maximum absolute atomic E-state index is 12.3. The van der Waals surface area contributed by atoms with E-state index in [1.54, 1.807) is 0 Å². The molecular formula is C16H20N2O. The Morgan fingerprint density at radius 1 is 1.47 bits per heavy atom. The predicted octanol–water partition coefficient (Wildman–Crippen LogP) is 2.61. The van der Waals surface area contributed by atoms with Crippen LogP contribution in [0.3, 0.4) is 0 Å². The fourth-order valence-electron chi connectivity index (χ4n) is 2.57. The molecule has 0 radical (unpaired) electrons. The first-order valence-corrected chi connectivity index (χ1v) is 6.83. The summed E-state index contributed by atoms with van der Waals surface area (Å²) in [5.41, 5.74) is 3.44. The standard InChI is InChI=1S/C16H20N2O/c1-12-5-6-13(2)15(8-12)9-16(19)18-7-3-4-14(10-17)11-18/h5-6,8,14H,3-4,7,9,11H2,1-2H3. The fourth-order valence-corrected chi connectivity index (χ4v) is 2.57. The van der Waals surface area contributed by atoms with E-state index in [0.29, 0.717) is 13.0 Å². The molecule has 2 rings (SSSR count). The number of piperidine rings is 1. The zero-order chi connectivity index (χ0) is 13.8. The molecule has 3 heteroatoms. The second kappa shape index (κ2) is 5.88. The van der Waals surface area contributed by atoms with Gasteiger partial charge in [0.2, 0.25) is 5.91 Å². The van der Waals surface area contributed by atoms with Gasteiger partial charge in [0, 0.05) is 13.1 Å². The first kappa shape index (κ1) is 13.6. The normalized spacial score (nSPS) is 19.0. The highest BCUT2D eigenvalue weighted by atomic mass is 16.2. The number of carbonyl (C=O) groups is 1. The number of amides is 1. The largest absolute Gasteiger partial charge is 0.341 e. The van der Waals surface area contributed by atoms with Crippen molar-refractivity contribution >= 4 is 5.91 Å². The summed E-state index contributed by atoms with van der Waals surface area (Å²) < 4.78 is 0. The second-order valence-corrected chi connectivity index (χ2v) is 5.41. The first-order chi connectivity index (χ1) is 9.10. The van der Waals surface area contributed by atoms with Crippen LogP contribution in [-0.4, -0.2) is 23.9 Å². The van der Waals surface area contributed by atoms with Crippen LogP contribution in [0.2, 0.25) is 0 Å². The van der Waals surface area contributed by atoms with E-state index in [1.165, 1.54) is 5.56 Å². The molecule has 0 aliphatic carbocycles. The van der Waals surface area contributed by atoms with Crippen molar-refractivity contribution in [2.45, 2.75) is 33.1 Å². The van der Waals surface area contributed by atoms with Gasteiger partial charge in [0.1, 0.15) is 0 Å². The molecule has 0 N–H and O–H groups in total. The lowest BCUT2D eigenvalue weighted by atomic mass is 9.98. The van der Waals surface area contributed by atoms with Crippen LogP contribution < -0.4 is 0 Å². The summed E-state index contributed by atoms with van der Waals surface area (Å²) in [7, 11) is 0. The van der Waals surface area contributed by atoms with Gasteiger partial charge in [-0.15, -0.1) is 0 Å². The van der Waals surface area contributed by atoms with E-state index in [2.05, 4.69) is 24.3 Å². The zero-order valence-corrected chi connectivity index (χ0v) is 11.6. The summed E-state index contributed by atoms with van der Waals surface area (Å²) in [6.07, 6.45) is 2.31. The molecule has 1 atom stereocenters. The van der Waals surface area contributed by atoms with Crippen molar-refractivity contribution in [3.8, 4) is 6.07 Å². The quantitative estimate of drug-likeness (QED) is 0.816. The van der Waals surface area contributed by atoms with Gasteiger partial charge in [0.15, 0.2) is 0 Å². The van der Waals surface area contributed by atoms with Crippen molar-refractivity contribution in [3.05, 3.63) is 34.9 Å². The molecule has 0 aromatic heterocycles. The topological polar surface area (TPSA) is 44.1 Å². The molecule has 0 bridgehead atoms. The molecule has 1 fully saturated rings. The van der Waals surface area contributed by atoms with Gasteiger partial charge in [-0.2, -0.15) is 5.26 Å². The summed E-state index contributed by atoms with van der Waals surface area (Å²) in [4.78, 5) is 14.2. The summed E-state index contributed by atoms with van der Waals surface area (Å²) >= 11 is 0. The Bertz CT molecular complexity index is 516. The molecule has 0 spiro atoms. The molecule has 0 saturated carbocycles. The number of nitrogens with zero attached hydrogens (tertiary/aromatic N) is 2. The molecule has 100 valence electrons. The fraction of sp³-hybridized carbons (Fsp3) is 0.500. The van der Waals surface area contributed by atoms with Crippen LogP contribution in [0.5, 0.6) is 0 Å². The van der Waals surface area contributed by atoms with E-state index in [1.807, 2.05) is 18.7 Å². The highest BCUT2D eigenvalue weighted by molar-refractivity contribution is 5.79. The number of hydrogen-bond donors (Lipinski definition) is 0. The van der Waals surface area contributed by atoms with Gasteiger partial charge in [-0.05, 0) is 37.8 Å². The van der Waals surface area contributed by atoms with E-state index < -0.39 is 0 Å². The molecule has 1 aliphatic heterocycles. The second-order valence-electron chi connectivity index (χ2n) is 5.41. The van der Waals surface area contributed by atoms with E-state index in [4.69, 9.17) is 5.26 Å². The lowest BCUT2D eigenvalue weighted by Crippen LogP contribution is -2.40. The molecule has 1 aromatic rings. The van der Waals surface area contributed by atoms with Crippen LogP contribution in [0.4, 0.5) is 0 Å². The first-order valence-electron chi connectivity index (χ1n) is 6.83. The molecule has 1 saturated heterocycles. The van der Waals surface area contributed by atoms with Gasteiger partial charge >= 0.3 is 0 Å². The minimum atomic E-state index is 0.0105. The average molecular weight is 256 g/mol. The summed E-state index contributed by atoms with van der Waals surface area (Å²) in [5, 5.41) is 8.97. The molecule has 1 aromatic carbocycles. The lowest BCUT2D eigenvalue weighted by Gasteiger charge is -2.29. The summed E-state index contributed by atoms with van der Waals surface area (Å²) in [6.45, 7) is 5.47. The molecule has 19 heavy (non-hydrogen) atoms. The number of aryl methyl sites for hydroxylation is 2. The summed E-state index contributed by atoms with van der Waals surface area (Å²) in [5.74, 6) is 0.157. The van der Waals surface area contributed by atoms with Crippen LogP contribution in [0.15, 0.2) is 18.2 Å². The van der Waals surface area contributed by atoms with Crippen LogP contribution in [0.25, 0.3) is 0 Å². The Balaban J connectivity index is 2.04. The third kappa shape index (κ3) is 3.35. The van der Waals surface area contributed by atoms with Gasteiger partial charge in [0.25, 0.3) is 0 Å². The number of carbonyl (C=O) groups excluding carboxylic acids is 1. The van der Waals surface area contributed by atoms with Gasteiger partial charge in [-0.25, -0.2) is 0 Å². The smallest absolute Gasteiger partial charge is 0.227 e. The Morgan fingerprint density at radius 2 is 2.26 bits per heavy atom. The van der Waals surface area contributed by atoms with Gasteiger partial charge in [0.05, 0.1) is 18.4 Å². The van der Waals surface area contributed by atoms with Crippen molar-refractivity contribution in [2.24, 2.45) is 5.92 Å². The van der Waals surface area contributed by atoms with Gasteiger partial charge < -0.3 is 4.90 Å².